The summed E-state index contributed by atoms with van der Waals surface area (Å²) in [6, 6.07) is 0.383. The first kappa shape index (κ1) is 18.0. The third-order valence-corrected chi connectivity index (χ3v) is 4.40. The molecule has 0 aromatic rings. The minimum absolute atomic E-state index is 0.101. The monoisotopic (exact) mass is 325 g/mol. The van der Waals surface area contributed by atoms with Gasteiger partial charge in [0.25, 0.3) is 0 Å². The minimum Gasteiger partial charge on any atom is -0.379 e. The van der Waals surface area contributed by atoms with E-state index in [1.165, 1.54) is 12.8 Å². The zero-order valence-corrected chi connectivity index (χ0v) is 14.1. The van der Waals surface area contributed by atoms with Gasteiger partial charge in [0.1, 0.15) is 0 Å². The Labute approximate surface area is 139 Å². The first-order valence-corrected chi connectivity index (χ1v) is 8.87. The Kier molecular flexibility index (Phi) is 8.17. The molecule has 1 amide bonds. The summed E-state index contributed by atoms with van der Waals surface area (Å²) in [5.41, 5.74) is 5.82. The molecule has 23 heavy (non-hydrogen) atoms. The van der Waals surface area contributed by atoms with Gasteiger partial charge in [0.2, 0.25) is 5.91 Å². The van der Waals surface area contributed by atoms with E-state index in [9.17, 15) is 4.79 Å². The summed E-state index contributed by atoms with van der Waals surface area (Å²) in [5, 5.41) is 6.08. The number of carbonyl (C=O) groups excluding carboxylic acids is 1. The Balaban J connectivity index is 1.48. The minimum atomic E-state index is 0.101. The molecule has 1 aliphatic carbocycles. The van der Waals surface area contributed by atoms with E-state index in [0.717, 1.165) is 52.1 Å². The molecule has 0 radical (unpaired) electrons. The highest BCUT2D eigenvalue weighted by Gasteiger charge is 2.16. The molecule has 0 aromatic heterocycles. The van der Waals surface area contributed by atoms with E-state index in [4.69, 9.17) is 10.5 Å². The molecule has 1 saturated heterocycles. The van der Waals surface area contributed by atoms with Gasteiger partial charge in [-0.25, -0.2) is 0 Å². The van der Waals surface area contributed by atoms with Crippen molar-refractivity contribution in [2.45, 2.75) is 44.6 Å². The van der Waals surface area contributed by atoms with Gasteiger partial charge in [-0.05, 0) is 19.3 Å². The van der Waals surface area contributed by atoms with Gasteiger partial charge in [-0.2, -0.15) is 0 Å². The number of nitrogens with two attached hydrogens (primary N) is 1. The van der Waals surface area contributed by atoms with Crippen LogP contribution in [-0.4, -0.2) is 68.7 Å². The lowest BCUT2D eigenvalue weighted by molar-refractivity contribution is -0.121. The molecule has 0 bridgehead atoms. The molecule has 4 N–H and O–H groups in total. The number of hydrogen-bond acceptors (Lipinski definition) is 4. The number of guanidine groups is 1. The summed E-state index contributed by atoms with van der Waals surface area (Å²) in [6.45, 7) is 5.96. The molecule has 132 valence electrons. The highest BCUT2D eigenvalue weighted by atomic mass is 16.5. The van der Waals surface area contributed by atoms with Crippen molar-refractivity contribution in [2.75, 3.05) is 45.9 Å². The molecule has 2 rings (SSSR count). The van der Waals surface area contributed by atoms with Crippen molar-refractivity contribution in [3.8, 4) is 0 Å². The molecule has 1 heterocycles. The molecule has 0 aromatic carbocycles. The number of amides is 1. The highest BCUT2D eigenvalue weighted by Crippen LogP contribution is 2.17. The van der Waals surface area contributed by atoms with Gasteiger partial charge in [0.15, 0.2) is 5.96 Å². The van der Waals surface area contributed by atoms with Crippen molar-refractivity contribution >= 4 is 11.9 Å². The summed E-state index contributed by atoms with van der Waals surface area (Å²) in [7, 11) is 0. The van der Waals surface area contributed by atoms with Crippen molar-refractivity contribution in [2.24, 2.45) is 10.7 Å². The van der Waals surface area contributed by atoms with Crippen LogP contribution in [-0.2, 0) is 9.53 Å². The number of hydrogen-bond donors (Lipinski definition) is 3. The summed E-state index contributed by atoms with van der Waals surface area (Å²) in [5.74, 6) is 0.533. The molecular weight excluding hydrogens is 294 g/mol. The molecule has 2 aliphatic rings. The average molecular weight is 325 g/mol. The number of aliphatic imine (C=N–C) groups is 1. The van der Waals surface area contributed by atoms with Crippen LogP contribution in [0.1, 0.15) is 38.5 Å². The topological polar surface area (TPSA) is 92.0 Å². The van der Waals surface area contributed by atoms with Crippen LogP contribution in [0.3, 0.4) is 0 Å². The van der Waals surface area contributed by atoms with Gasteiger partial charge >= 0.3 is 0 Å². The Bertz CT molecular complexity index is 377. The molecule has 1 aliphatic heterocycles. The van der Waals surface area contributed by atoms with E-state index < -0.39 is 0 Å². The molecule has 0 spiro atoms. The zero-order chi connectivity index (χ0) is 16.3. The van der Waals surface area contributed by atoms with Crippen LogP contribution in [0.4, 0.5) is 0 Å². The lowest BCUT2D eigenvalue weighted by atomic mass is 10.2. The van der Waals surface area contributed by atoms with Gasteiger partial charge in [-0.15, -0.1) is 0 Å². The standard InChI is InChI=1S/C16H31N5O2/c17-16(18-7-3-9-21-10-12-23-13-11-21)19-8-6-15(22)20-14-4-1-2-5-14/h14H,1-13H2,(H,20,22)(H3,17,18,19). The second-order valence-electron chi connectivity index (χ2n) is 6.30. The van der Waals surface area contributed by atoms with Gasteiger partial charge < -0.3 is 21.1 Å². The van der Waals surface area contributed by atoms with E-state index in [2.05, 4.69) is 20.5 Å². The van der Waals surface area contributed by atoms with Crippen molar-refractivity contribution in [1.82, 2.24) is 15.5 Å². The number of carbonyl (C=O) groups is 1. The zero-order valence-electron chi connectivity index (χ0n) is 14.1. The summed E-state index contributed by atoms with van der Waals surface area (Å²) in [6.07, 6.45) is 6.13. The first-order chi connectivity index (χ1) is 11.2. The summed E-state index contributed by atoms with van der Waals surface area (Å²) >= 11 is 0. The predicted molar refractivity (Wildman–Crippen MR) is 91.4 cm³/mol. The lowest BCUT2D eigenvalue weighted by Crippen LogP contribution is -2.38. The van der Waals surface area contributed by atoms with Crippen LogP contribution in [0.15, 0.2) is 4.99 Å². The lowest BCUT2D eigenvalue weighted by Gasteiger charge is -2.26. The maximum atomic E-state index is 11.8. The van der Waals surface area contributed by atoms with E-state index in [1.54, 1.807) is 0 Å². The fraction of sp³-hybridized carbons (Fsp3) is 0.875. The maximum absolute atomic E-state index is 11.8. The van der Waals surface area contributed by atoms with Gasteiger partial charge in [0.05, 0.1) is 13.2 Å². The van der Waals surface area contributed by atoms with Crippen LogP contribution in [0.2, 0.25) is 0 Å². The van der Waals surface area contributed by atoms with Crippen molar-refractivity contribution in [3.63, 3.8) is 0 Å². The fourth-order valence-corrected chi connectivity index (χ4v) is 3.05. The Hall–Kier alpha value is -1.34. The largest absolute Gasteiger partial charge is 0.379 e. The van der Waals surface area contributed by atoms with Gasteiger partial charge in [-0.3, -0.25) is 14.7 Å². The van der Waals surface area contributed by atoms with E-state index >= 15 is 0 Å². The van der Waals surface area contributed by atoms with Gasteiger partial charge in [0, 0.05) is 45.2 Å². The van der Waals surface area contributed by atoms with Crippen molar-refractivity contribution in [1.29, 1.82) is 0 Å². The smallest absolute Gasteiger partial charge is 0.221 e. The normalized spacial score (nSPS) is 20.6. The SMILES string of the molecule is NC(=NCCCN1CCOCC1)NCCC(=O)NC1CCCC1. The second-order valence-corrected chi connectivity index (χ2v) is 6.30. The van der Waals surface area contributed by atoms with E-state index in [-0.39, 0.29) is 5.91 Å². The van der Waals surface area contributed by atoms with Crippen LogP contribution in [0.25, 0.3) is 0 Å². The number of nitrogens with zero attached hydrogens (tertiary/aromatic N) is 2. The molecule has 7 heteroatoms. The molecule has 7 nitrogen and oxygen atoms in total. The molecule has 0 atom stereocenters. The quantitative estimate of drug-likeness (QED) is 0.333. The van der Waals surface area contributed by atoms with Gasteiger partial charge in [-0.1, -0.05) is 12.8 Å². The molecule has 0 unspecified atom stereocenters. The van der Waals surface area contributed by atoms with E-state index in [1.807, 2.05) is 0 Å². The van der Waals surface area contributed by atoms with Crippen LogP contribution in [0, 0.1) is 0 Å². The summed E-state index contributed by atoms with van der Waals surface area (Å²) in [4.78, 5) is 18.5. The van der Waals surface area contributed by atoms with Crippen LogP contribution in [0.5, 0.6) is 0 Å². The Morgan fingerprint density at radius 3 is 2.74 bits per heavy atom. The molecule has 2 fully saturated rings. The Morgan fingerprint density at radius 2 is 2.00 bits per heavy atom. The Morgan fingerprint density at radius 1 is 1.26 bits per heavy atom. The number of nitrogens with one attached hydrogen (secondary N) is 2. The molecule has 1 saturated carbocycles. The third kappa shape index (κ3) is 7.65. The fourth-order valence-electron chi connectivity index (χ4n) is 3.05. The van der Waals surface area contributed by atoms with Crippen LogP contribution < -0.4 is 16.4 Å². The highest BCUT2D eigenvalue weighted by molar-refractivity contribution is 5.80. The number of rotatable bonds is 8. The predicted octanol–water partition coefficient (Wildman–Crippen LogP) is 0.0619. The maximum Gasteiger partial charge on any atom is 0.221 e. The molecular formula is C16H31N5O2. The number of morpholine rings is 1. The second kappa shape index (κ2) is 10.4. The summed E-state index contributed by atoms with van der Waals surface area (Å²) < 4.78 is 5.32. The number of ether oxygens (including phenoxy) is 1. The first-order valence-electron chi connectivity index (χ1n) is 8.87. The van der Waals surface area contributed by atoms with E-state index in [0.29, 0.717) is 31.5 Å². The third-order valence-electron chi connectivity index (χ3n) is 4.40. The van der Waals surface area contributed by atoms with Crippen molar-refractivity contribution in [3.05, 3.63) is 0 Å². The average Bonchev–Trinajstić information content (AvgIpc) is 3.05. The van der Waals surface area contributed by atoms with Crippen LogP contribution >= 0.6 is 0 Å². The van der Waals surface area contributed by atoms with Crippen molar-refractivity contribution < 1.29 is 9.53 Å².